The van der Waals surface area contributed by atoms with Crippen LogP contribution in [0.15, 0.2) is 42.5 Å². The fraction of sp³-hybridized carbons (Fsp3) is 0.211. The molecule has 156 valence electrons. The molecule has 11 heteroatoms. The van der Waals surface area contributed by atoms with Gasteiger partial charge in [0.2, 0.25) is 5.91 Å². The number of hydrogen-bond acceptors (Lipinski definition) is 6. The average molecular weight is 433 g/mol. The van der Waals surface area contributed by atoms with Crippen molar-refractivity contribution in [2.45, 2.75) is 12.5 Å². The predicted octanol–water partition coefficient (Wildman–Crippen LogP) is 2.66. The molecule has 30 heavy (non-hydrogen) atoms. The van der Waals surface area contributed by atoms with Gasteiger partial charge in [0.1, 0.15) is 17.8 Å². The van der Waals surface area contributed by atoms with E-state index in [2.05, 4.69) is 10.6 Å². The first-order chi connectivity index (χ1) is 14.2. The van der Waals surface area contributed by atoms with Gasteiger partial charge >= 0.3 is 6.03 Å². The standard InChI is InChI=1S/C19H17ClN4O6/c1-19(11-3-5-12(20)6-4-11)17(26)23(18(27)22-19)10-16(25)21-14-8-7-13(24(28)29)9-15(14)30-2/h3-9H,10H2,1-2H3,(H,21,25)(H,22,27). The van der Waals surface area contributed by atoms with Crippen LogP contribution in [0.25, 0.3) is 0 Å². The minimum absolute atomic E-state index is 0.0701. The van der Waals surface area contributed by atoms with E-state index in [0.717, 1.165) is 11.0 Å². The van der Waals surface area contributed by atoms with E-state index in [1.54, 1.807) is 24.3 Å². The Morgan fingerprint density at radius 1 is 1.27 bits per heavy atom. The number of carbonyl (C=O) groups is 3. The van der Waals surface area contributed by atoms with Crippen molar-refractivity contribution in [3.63, 3.8) is 0 Å². The van der Waals surface area contributed by atoms with Crippen LogP contribution in [0.5, 0.6) is 5.75 Å². The van der Waals surface area contributed by atoms with E-state index >= 15 is 0 Å². The summed E-state index contributed by atoms with van der Waals surface area (Å²) in [5.41, 5.74) is -0.865. The molecule has 2 aromatic rings. The summed E-state index contributed by atoms with van der Waals surface area (Å²) in [6.45, 7) is 0.988. The lowest BCUT2D eigenvalue weighted by Crippen LogP contribution is -2.42. The Kier molecular flexibility index (Phi) is 5.61. The normalized spacial score (nSPS) is 18.2. The number of rotatable bonds is 6. The fourth-order valence-electron chi connectivity index (χ4n) is 3.05. The monoisotopic (exact) mass is 432 g/mol. The SMILES string of the molecule is COc1cc([N+](=O)[O-])ccc1NC(=O)CN1C(=O)NC(C)(c2ccc(Cl)cc2)C1=O. The topological polar surface area (TPSA) is 131 Å². The third-order valence-electron chi connectivity index (χ3n) is 4.67. The maximum atomic E-state index is 12.9. The zero-order valence-electron chi connectivity index (χ0n) is 16.0. The quantitative estimate of drug-likeness (QED) is 0.410. The molecule has 1 atom stereocenters. The number of carbonyl (C=O) groups excluding carboxylic acids is 3. The number of nitrogens with zero attached hydrogens (tertiary/aromatic N) is 2. The first-order valence-electron chi connectivity index (χ1n) is 8.68. The smallest absolute Gasteiger partial charge is 0.325 e. The molecule has 10 nitrogen and oxygen atoms in total. The van der Waals surface area contributed by atoms with Crippen molar-refractivity contribution < 1.29 is 24.0 Å². The van der Waals surface area contributed by atoms with Gasteiger partial charge in [-0.2, -0.15) is 0 Å². The number of anilines is 1. The summed E-state index contributed by atoms with van der Waals surface area (Å²) in [6.07, 6.45) is 0. The first-order valence-corrected chi connectivity index (χ1v) is 9.06. The summed E-state index contributed by atoms with van der Waals surface area (Å²) in [7, 11) is 1.30. The van der Waals surface area contributed by atoms with Crippen molar-refractivity contribution in [2.75, 3.05) is 19.0 Å². The molecule has 0 spiro atoms. The number of nitrogens with one attached hydrogen (secondary N) is 2. The lowest BCUT2D eigenvalue weighted by molar-refractivity contribution is -0.384. The van der Waals surface area contributed by atoms with Crippen LogP contribution >= 0.6 is 11.6 Å². The van der Waals surface area contributed by atoms with Gasteiger partial charge in [-0.3, -0.25) is 24.6 Å². The Bertz CT molecular complexity index is 1040. The van der Waals surface area contributed by atoms with Gasteiger partial charge in [0, 0.05) is 11.1 Å². The molecule has 1 heterocycles. The molecule has 1 aliphatic heterocycles. The maximum absolute atomic E-state index is 12.9. The molecule has 0 aromatic heterocycles. The zero-order valence-corrected chi connectivity index (χ0v) is 16.7. The second-order valence-electron chi connectivity index (χ2n) is 6.64. The van der Waals surface area contributed by atoms with Gasteiger partial charge in [-0.05, 0) is 30.7 Å². The molecule has 0 bridgehead atoms. The van der Waals surface area contributed by atoms with E-state index in [9.17, 15) is 24.5 Å². The number of nitro groups is 1. The third-order valence-corrected chi connectivity index (χ3v) is 4.92. The Labute approximate surface area is 175 Å². The predicted molar refractivity (Wildman–Crippen MR) is 107 cm³/mol. The zero-order chi connectivity index (χ0) is 22.1. The van der Waals surface area contributed by atoms with Crippen LogP contribution in [-0.4, -0.2) is 41.3 Å². The Hall–Kier alpha value is -3.66. The number of methoxy groups -OCH3 is 1. The summed E-state index contributed by atoms with van der Waals surface area (Å²) in [6, 6.07) is 9.36. The van der Waals surface area contributed by atoms with Gasteiger partial charge in [0.25, 0.3) is 11.6 Å². The number of hydrogen-bond donors (Lipinski definition) is 2. The maximum Gasteiger partial charge on any atom is 0.325 e. The second-order valence-corrected chi connectivity index (χ2v) is 7.08. The number of urea groups is 1. The largest absolute Gasteiger partial charge is 0.494 e. The fourth-order valence-corrected chi connectivity index (χ4v) is 3.18. The lowest BCUT2D eigenvalue weighted by Gasteiger charge is -2.22. The molecule has 2 N–H and O–H groups in total. The number of non-ortho nitro benzene ring substituents is 1. The number of nitro benzene ring substituents is 1. The van der Waals surface area contributed by atoms with E-state index in [1.807, 2.05) is 0 Å². The van der Waals surface area contributed by atoms with Gasteiger partial charge in [-0.1, -0.05) is 23.7 Å². The van der Waals surface area contributed by atoms with Crippen molar-refractivity contribution in [3.8, 4) is 5.75 Å². The summed E-state index contributed by atoms with van der Waals surface area (Å²) in [4.78, 5) is 48.8. The van der Waals surface area contributed by atoms with Crippen molar-refractivity contribution in [2.24, 2.45) is 0 Å². The Morgan fingerprint density at radius 2 is 1.93 bits per heavy atom. The molecule has 4 amide bonds. The van der Waals surface area contributed by atoms with Crippen LogP contribution in [0.1, 0.15) is 12.5 Å². The van der Waals surface area contributed by atoms with Gasteiger partial charge in [-0.15, -0.1) is 0 Å². The molecular formula is C19H17ClN4O6. The van der Waals surface area contributed by atoms with E-state index < -0.39 is 34.9 Å². The molecule has 1 fully saturated rings. The number of halogens is 1. The average Bonchev–Trinajstić information content (AvgIpc) is 2.92. The number of amides is 4. The number of ether oxygens (including phenoxy) is 1. The number of benzene rings is 2. The van der Waals surface area contributed by atoms with Gasteiger partial charge in [0.05, 0.1) is 23.8 Å². The van der Waals surface area contributed by atoms with Gasteiger partial charge in [-0.25, -0.2) is 4.79 Å². The van der Waals surface area contributed by atoms with Gasteiger partial charge in [0.15, 0.2) is 0 Å². The summed E-state index contributed by atoms with van der Waals surface area (Å²) in [5.74, 6) is -1.20. The minimum Gasteiger partial charge on any atom is -0.494 e. The van der Waals surface area contributed by atoms with E-state index in [4.69, 9.17) is 16.3 Å². The molecule has 1 unspecified atom stereocenters. The second kappa shape index (κ2) is 7.99. The highest BCUT2D eigenvalue weighted by molar-refractivity contribution is 6.30. The van der Waals surface area contributed by atoms with E-state index in [1.165, 1.54) is 26.2 Å². The van der Waals surface area contributed by atoms with Crippen molar-refractivity contribution in [1.29, 1.82) is 0 Å². The van der Waals surface area contributed by atoms with Crippen LogP contribution in [-0.2, 0) is 15.1 Å². The molecule has 0 saturated carbocycles. The summed E-state index contributed by atoms with van der Waals surface area (Å²) in [5, 5.41) is 16.4. The Balaban J connectivity index is 1.76. The van der Waals surface area contributed by atoms with Crippen LogP contribution in [0, 0.1) is 10.1 Å². The van der Waals surface area contributed by atoms with Crippen molar-refractivity contribution >= 4 is 40.8 Å². The molecular weight excluding hydrogens is 416 g/mol. The van der Waals surface area contributed by atoms with Crippen molar-refractivity contribution in [1.82, 2.24) is 10.2 Å². The van der Waals surface area contributed by atoms with Crippen LogP contribution in [0.3, 0.4) is 0 Å². The highest BCUT2D eigenvalue weighted by Gasteiger charge is 2.49. The lowest BCUT2D eigenvalue weighted by atomic mass is 9.92. The highest BCUT2D eigenvalue weighted by atomic mass is 35.5. The van der Waals surface area contributed by atoms with Gasteiger partial charge < -0.3 is 15.4 Å². The van der Waals surface area contributed by atoms with Crippen LogP contribution in [0.2, 0.25) is 5.02 Å². The molecule has 1 aliphatic rings. The summed E-state index contributed by atoms with van der Waals surface area (Å²) >= 11 is 5.87. The molecule has 1 saturated heterocycles. The molecule has 0 aliphatic carbocycles. The third kappa shape index (κ3) is 3.90. The Morgan fingerprint density at radius 3 is 2.53 bits per heavy atom. The van der Waals surface area contributed by atoms with E-state index in [0.29, 0.717) is 10.6 Å². The molecule has 0 radical (unpaired) electrons. The molecule has 2 aromatic carbocycles. The van der Waals surface area contributed by atoms with E-state index in [-0.39, 0.29) is 17.1 Å². The van der Waals surface area contributed by atoms with Crippen LogP contribution < -0.4 is 15.4 Å². The number of imide groups is 1. The highest BCUT2D eigenvalue weighted by Crippen LogP contribution is 2.31. The van der Waals surface area contributed by atoms with Crippen molar-refractivity contribution in [3.05, 3.63) is 63.2 Å². The molecule has 3 rings (SSSR count). The minimum atomic E-state index is -1.34. The first kappa shape index (κ1) is 21.1. The summed E-state index contributed by atoms with van der Waals surface area (Å²) < 4.78 is 5.06. The van der Waals surface area contributed by atoms with Crippen LogP contribution in [0.4, 0.5) is 16.2 Å².